The normalized spacial score (nSPS) is 10.8. The van der Waals surface area contributed by atoms with Crippen LogP contribution in [0.15, 0.2) is 53.6 Å². The molecule has 2 aromatic heterocycles. The fourth-order valence-electron chi connectivity index (χ4n) is 2.09. The number of benzene rings is 1. The summed E-state index contributed by atoms with van der Waals surface area (Å²) in [5.74, 6) is 0.797. The van der Waals surface area contributed by atoms with E-state index in [0.717, 1.165) is 23.2 Å². The summed E-state index contributed by atoms with van der Waals surface area (Å²) in [6.07, 6.45) is 4.77. The Morgan fingerprint density at radius 2 is 1.95 bits per heavy atom. The Bertz CT molecular complexity index is 731. The molecule has 94 valence electrons. The van der Waals surface area contributed by atoms with Crippen LogP contribution in [-0.2, 0) is 0 Å². The number of pyridine rings is 1. The minimum absolute atomic E-state index is 0.476. The second-order valence-corrected chi connectivity index (χ2v) is 5.00. The number of thioether (sulfide) groups is 1. The van der Waals surface area contributed by atoms with Gasteiger partial charge in [0.15, 0.2) is 6.29 Å². The highest BCUT2D eigenvalue weighted by molar-refractivity contribution is 7.98. The Balaban J connectivity index is 2.21. The molecule has 3 nitrogen and oxygen atoms in total. The molecular weight excluding hydrogens is 256 g/mol. The summed E-state index contributed by atoms with van der Waals surface area (Å²) in [4.78, 5) is 16.7. The molecule has 0 fully saturated rings. The Morgan fingerprint density at radius 1 is 1.16 bits per heavy atom. The van der Waals surface area contributed by atoms with Crippen molar-refractivity contribution in [2.75, 3.05) is 6.26 Å². The Morgan fingerprint density at radius 3 is 2.63 bits per heavy atom. The molecule has 2 heterocycles. The number of aldehydes is 1. The molecule has 0 bridgehead atoms. The molecule has 1 aromatic carbocycles. The molecule has 0 spiro atoms. The fourth-order valence-corrected chi connectivity index (χ4v) is 2.50. The van der Waals surface area contributed by atoms with Crippen LogP contribution in [0.2, 0.25) is 0 Å². The van der Waals surface area contributed by atoms with Gasteiger partial charge in [-0.3, -0.25) is 9.20 Å². The lowest BCUT2D eigenvalue weighted by molar-refractivity contribution is 0.112. The standard InChI is InChI=1S/C15H12N2OS/c1-19-12-7-5-11(6-8-12)15-16-13(10-18)14-4-2-3-9-17(14)15/h2-10H,1H3. The van der Waals surface area contributed by atoms with Crippen LogP contribution in [0.4, 0.5) is 0 Å². The van der Waals surface area contributed by atoms with Crippen molar-refractivity contribution >= 4 is 23.6 Å². The lowest BCUT2D eigenvalue weighted by Crippen LogP contribution is -1.88. The van der Waals surface area contributed by atoms with E-state index in [-0.39, 0.29) is 0 Å². The van der Waals surface area contributed by atoms with Crippen LogP contribution in [0.25, 0.3) is 16.9 Å². The molecule has 0 saturated heterocycles. The maximum absolute atomic E-state index is 11.1. The second kappa shape index (κ2) is 4.90. The smallest absolute Gasteiger partial charge is 0.170 e. The van der Waals surface area contributed by atoms with Gasteiger partial charge in [0.1, 0.15) is 11.5 Å². The van der Waals surface area contributed by atoms with Gasteiger partial charge in [0.25, 0.3) is 0 Å². The quantitative estimate of drug-likeness (QED) is 0.538. The van der Waals surface area contributed by atoms with Gasteiger partial charge in [-0.2, -0.15) is 0 Å². The summed E-state index contributed by atoms with van der Waals surface area (Å²) in [5, 5.41) is 0. The van der Waals surface area contributed by atoms with Crippen molar-refractivity contribution in [3.63, 3.8) is 0 Å². The topological polar surface area (TPSA) is 34.4 Å². The second-order valence-electron chi connectivity index (χ2n) is 4.12. The van der Waals surface area contributed by atoms with Crippen molar-refractivity contribution in [2.45, 2.75) is 4.90 Å². The molecule has 4 heteroatoms. The fraction of sp³-hybridized carbons (Fsp3) is 0.0667. The van der Waals surface area contributed by atoms with E-state index >= 15 is 0 Å². The number of fused-ring (bicyclic) bond motifs is 1. The van der Waals surface area contributed by atoms with Crippen LogP contribution < -0.4 is 0 Å². The summed E-state index contributed by atoms with van der Waals surface area (Å²) in [5.41, 5.74) is 2.32. The SMILES string of the molecule is CSc1ccc(-c2nc(C=O)c3ccccn23)cc1. The van der Waals surface area contributed by atoms with Crippen LogP contribution in [0.5, 0.6) is 0 Å². The van der Waals surface area contributed by atoms with E-state index in [1.807, 2.05) is 47.2 Å². The minimum atomic E-state index is 0.476. The van der Waals surface area contributed by atoms with Gasteiger partial charge < -0.3 is 0 Å². The highest BCUT2D eigenvalue weighted by atomic mass is 32.2. The number of aromatic nitrogens is 2. The summed E-state index contributed by atoms with van der Waals surface area (Å²) in [6.45, 7) is 0. The van der Waals surface area contributed by atoms with Crippen LogP contribution in [0.1, 0.15) is 10.5 Å². The number of hydrogen-bond donors (Lipinski definition) is 0. The number of rotatable bonds is 3. The van der Waals surface area contributed by atoms with Crippen LogP contribution in [0, 0.1) is 0 Å². The van der Waals surface area contributed by atoms with Crippen molar-refractivity contribution in [2.24, 2.45) is 0 Å². The van der Waals surface area contributed by atoms with Crippen molar-refractivity contribution in [3.8, 4) is 11.4 Å². The molecule has 3 aromatic rings. The molecule has 0 atom stereocenters. The minimum Gasteiger partial charge on any atom is -0.299 e. The van der Waals surface area contributed by atoms with Crippen molar-refractivity contribution in [1.29, 1.82) is 0 Å². The van der Waals surface area contributed by atoms with E-state index in [0.29, 0.717) is 5.69 Å². The van der Waals surface area contributed by atoms with E-state index in [1.54, 1.807) is 11.8 Å². The van der Waals surface area contributed by atoms with Crippen LogP contribution in [-0.4, -0.2) is 21.9 Å². The summed E-state index contributed by atoms with van der Waals surface area (Å²) in [7, 11) is 0. The van der Waals surface area contributed by atoms with Gasteiger partial charge in [0, 0.05) is 16.7 Å². The Labute approximate surface area is 115 Å². The van der Waals surface area contributed by atoms with Gasteiger partial charge in [-0.05, 0) is 30.5 Å². The first-order valence-corrected chi connectivity index (χ1v) is 7.12. The lowest BCUT2D eigenvalue weighted by atomic mass is 10.2. The van der Waals surface area contributed by atoms with Crippen molar-refractivity contribution in [1.82, 2.24) is 9.38 Å². The van der Waals surface area contributed by atoms with Gasteiger partial charge in [-0.15, -0.1) is 11.8 Å². The number of carbonyl (C=O) groups excluding carboxylic acids is 1. The Hall–Kier alpha value is -2.07. The predicted octanol–water partition coefficient (Wildman–Crippen LogP) is 3.54. The summed E-state index contributed by atoms with van der Waals surface area (Å²) in [6, 6.07) is 13.9. The van der Waals surface area contributed by atoms with Gasteiger partial charge in [0.05, 0.1) is 5.52 Å². The number of imidazole rings is 1. The third-order valence-electron chi connectivity index (χ3n) is 3.04. The van der Waals surface area contributed by atoms with Gasteiger partial charge >= 0.3 is 0 Å². The molecule has 0 amide bonds. The maximum atomic E-state index is 11.1. The average molecular weight is 268 g/mol. The molecule has 3 rings (SSSR count). The molecule has 0 aliphatic carbocycles. The molecule has 0 saturated carbocycles. The molecule has 0 radical (unpaired) electrons. The number of carbonyl (C=O) groups is 1. The third kappa shape index (κ3) is 2.04. The first-order chi connectivity index (χ1) is 9.33. The highest BCUT2D eigenvalue weighted by Gasteiger charge is 2.11. The largest absolute Gasteiger partial charge is 0.299 e. The van der Waals surface area contributed by atoms with Crippen LogP contribution >= 0.6 is 11.8 Å². The Kier molecular flexibility index (Phi) is 3.09. The first kappa shape index (κ1) is 12.0. The average Bonchev–Trinajstić information content (AvgIpc) is 2.86. The van der Waals surface area contributed by atoms with Crippen molar-refractivity contribution in [3.05, 3.63) is 54.4 Å². The first-order valence-electron chi connectivity index (χ1n) is 5.90. The monoisotopic (exact) mass is 268 g/mol. The van der Waals surface area contributed by atoms with Gasteiger partial charge in [-0.25, -0.2) is 4.98 Å². The molecule has 0 aliphatic rings. The zero-order chi connectivity index (χ0) is 13.2. The zero-order valence-electron chi connectivity index (χ0n) is 10.4. The summed E-state index contributed by atoms with van der Waals surface area (Å²) < 4.78 is 1.94. The van der Waals surface area contributed by atoms with E-state index in [9.17, 15) is 4.79 Å². The van der Waals surface area contributed by atoms with Crippen LogP contribution in [0.3, 0.4) is 0 Å². The lowest BCUT2D eigenvalue weighted by Gasteiger charge is -2.02. The molecular formula is C15H12N2OS. The van der Waals surface area contributed by atoms with Gasteiger partial charge in [0.2, 0.25) is 0 Å². The van der Waals surface area contributed by atoms with E-state index in [1.165, 1.54) is 4.90 Å². The van der Waals surface area contributed by atoms with Gasteiger partial charge in [-0.1, -0.05) is 18.2 Å². The molecule has 0 unspecified atom stereocenters. The van der Waals surface area contributed by atoms with E-state index in [4.69, 9.17) is 0 Å². The predicted molar refractivity (Wildman–Crippen MR) is 77.8 cm³/mol. The number of nitrogens with zero attached hydrogens (tertiary/aromatic N) is 2. The maximum Gasteiger partial charge on any atom is 0.170 e. The summed E-state index contributed by atoms with van der Waals surface area (Å²) >= 11 is 1.70. The molecule has 19 heavy (non-hydrogen) atoms. The van der Waals surface area contributed by atoms with Crippen molar-refractivity contribution < 1.29 is 4.79 Å². The molecule has 0 N–H and O–H groups in total. The zero-order valence-corrected chi connectivity index (χ0v) is 11.2. The number of hydrogen-bond acceptors (Lipinski definition) is 3. The third-order valence-corrected chi connectivity index (χ3v) is 3.78. The highest BCUT2D eigenvalue weighted by Crippen LogP contribution is 2.24. The molecule has 0 aliphatic heterocycles. The van der Waals surface area contributed by atoms with E-state index < -0.39 is 0 Å². The van der Waals surface area contributed by atoms with E-state index in [2.05, 4.69) is 17.1 Å².